The first-order valence-corrected chi connectivity index (χ1v) is 10.1. The van der Waals surface area contributed by atoms with Crippen LogP contribution in [0, 0.1) is 13.8 Å². The second-order valence-electron chi connectivity index (χ2n) is 7.17. The summed E-state index contributed by atoms with van der Waals surface area (Å²) in [6, 6.07) is 14.6. The van der Waals surface area contributed by atoms with Crippen molar-refractivity contribution in [1.82, 2.24) is 15.1 Å². The van der Waals surface area contributed by atoms with Crippen LogP contribution in [0.15, 0.2) is 54.6 Å². The molecule has 3 aromatic rings. The van der Waals surface area contributed by atoms with Crippen LogP contribution in [0.5, 0.6) is 0 Å². The van der Waals surface area contributed by atoms with E-state index in [-0.39, 0.29) is 5.91 Å². The van der Waals surface area contributed by atoms with E-state index in [1.807, 2.05) is 38.1 Å². The van der Waals surface area contributed by atoms with Gasteiger partial charge in [0.25, 0.3) is 0 Å². The number of urea groups is 1. The molecule has 1 aromatic heterocycles. The molecule has 4 N–H and O–H groups in total. The average molecular weight is 438 g/mol. The lowest BCUT2D eigenvalue weighted by atomic mass is 10.1. The topological polar surface area (TPSA) is 102 Å². The first kappa shape index (κ1) is 22.1. The number of aromatic nitrogens is 2. The number of amides is 3. The summed E-state index contributed by atoms with van der Waals surface area (Å²) in [7, 11) is 0. The fourth-order valence-corrected chi connectivity index (χ4v) is 3.28. The number of nitrogens with one attached hydrogen (secondary N) is 2. The molecule has 1 heterocycles. The Kier molecular flexibility index (Phi) is 7.10. The Morgan fingerprint density at radius 2 is 1.71 bits per heavy atom. The van der Waals surface area contributed by atoms with Gasteiger partial charge in [0.1, 0.15) is 5.15 Å². The molecule has 31 heavy (non-hydrogen) atoms. The number of carbonyl (C=O) groups excluding carboxylic acids is 2. The third-order valence-electron chi connectivity index (χ3n) is 4.65. The molecule has 0 saturated heterocycles. The van der Waals surface area contributed by atoms with Gasteiger partial charge in [-0.1, -0.05) is 53.6 Å². The molecule has 0 radical (unpaired) electrons. The molecular formula is C23H24ClN5O2. The molecule has 0 bridgehead atoms. The van der Waals surface area contributed by atoms with Crippen LogP contribution in [0.25, 0.3) is 6.08 Å². The van der Waals surface area contributed by atoms with Crippen molar-refractivity contribution in [1.29, 1.82) is 0 Å². The molecule has 160 valence electrons. The highest BCUT2D eigenvalue weighted by molar-refractivity contribution is 6.31. The van der Waals surface area contributed by atoms with Crippen LogP contribution in [0.2, 0.25) is 5.15 Å². The maximum absolute atomic E-state index is 12.2. The van der Waals surface area contributed by atoms with Gasteiger partial charge in [0, 0.05) is 23.9 Å². The molecular weight excluding hydrogens is 414 g/mol. The summed E-state index contributed by atoms with van der Waals surface area (Å²) in [5, 5.41) is 10.3. The molecule has 0 saturated carbocycles. The molecule has 0 unspecified atom stereocenters. The van der Waals surface area contributed by atoms with Crippen molar-refractivity contribution < 1.29 is 9.59 Å². The van der Waals surface area contributed by atoms with Crippen LogP contribution in [-0.4, -0.2) is 21.7 Å². The van der Waals surface area contributed by atoms with E-state index < -0.39 is 6.03 Å². The molecule has 8 heteroatoms. The lowest BCUT2D eigenvalue weighted by Gasteiger charge is -2.05. The average Bonchev–Trinajstić information content (AvgIpc) is 2.99. The Morgan fingerprint density at radius 3 is 2.35 bits per heavy atom. The largest absolute Gasteiger partial charge is 0.351 e. The van der Waals surface area contributed by atoms with E-state index in [0.717, 1.165) is 16.8 Å². The lowest BCUT2D eigenvalue weighted by molar-refractivity contribution is -0.116. The Bertz CT molecular complexity index is 1100. The summed E-state index contributed by atoms with van der Waals surface area (Å²) >= 11 is 6.50. The van der Waals surface area contributed by atoms with Gasteiger partial charge in [-0.15, -0.1) is 0 Å². The highest BCUT2D eigenvalue weighted by Crippen LogP contribution is 2.22. The quantitative estimate of drug-likeness (QED) is 0.486. The number of aryl methyl sites for hydroxylation is 2. The molecule has 0 aliphatic carbocycles. The minimum absolute atomic E-state index is 0.249. The summed E-state index contributed by atoms with van der Waals surface area (Å²) < 4.78 is 1.72. The zero-order valence-electron chi connectivity index (χ0n) is 17.4. The van der Waals surface area contributed by atoms with Gasteiger partial charge in [-0.25, -0.2) is 9.48 Å². The Morgan fingerprint density at radius 1 is 1.06 bits per heavy atom. The molecule has 3 rings (SSSR count). The van der Waals surface area contributed by atoms with Gasteiger partial charge >= 0.3 is 6.03 Å². The van der Waals surface area contributed by atoms with Gasteiger partial charge in [0.2, 0.25) is 5.91 Å². The van der Waals surface area contributed by atoms with Crippen LogP contribution in [0.3, 0.4) is 0 Å². The first-order chi connectivity index (χ1) is 14.8. The molecule has 0 aliphatic heterocycles. The van der Waals surface area contributed by atoms with Gasteiger partial charge in [-0.2, -0.15) is 5.10 Å². The van der Waals surface area contributed by atoms with Crippen molar-refractivity contribution >= 4 is 35.3 Å². The SMILES string of the molecule is Cc1ccc(Cn2nc(C)c(/C=C/C(=O)NCc3ccc(NC(N)=O)cc3)c2Cl)cc1. The van der Waals surface area contributed by atoms with Crippen LogP contribution < -0.4 is 16.4 Å². The number of benzene rings is 2. The Labute approximate surface area is 185 Å². The number of hydrogen-bond donors (Lipinski definition) is 3. The van der Waals surface area contributed by atoms with Crippen molar-refractivity contribution in [3.63, 3.8) is 0 Å². The first-order valence-electron chi connectivity index (χ1n) is 9.71. The van der Waals surface area contributed by atoms with Gasteiger partial charge < -0.3 is 16.4 Å². The fourth-order valence-electron chi connectivity index (χ4n) is 2.98. The van der Waals surface area contributed by atoms with Gasteiger partial charge in [-0.3, -0.25) is 4.79 Å². The van der Waals surface area contributed by atoms with Crippen molar-refractivity contribution in [2.45, 2.75) is 26.9 Å². The molecule has 7 nitrogen and oxygen atoms in total. The third kappa shape index (κ3) is 6.20. The van der Waals surface area contributed by atoms with Gasteiger partial charge in [0.05, 0.1) is 12.2 Å². The number of nitrogens with zero attached hydrogens (tertiary/aromatic N) is 2. The highest BCUT2D eigenvalue weighted by Gasteiger charge is 2.12. The molecule has 2 aromatic carbocycles. The van der Waals surface area contributed by atoms with E-state index in [1.54, 1.807) is 35.0 Å². The Balaban J connectivity index is 1.59. The zero-order valence-corrected chi connectivity index (χ0v) is 18.1. The van der Waals surface area contributed by atoms with E-state index in [9.17, 15) is 9.59 Å². The smallest absolute Gasteiger partial charge is 0.316 e. The number of nitrogens with two attached hydrogens (primary N) is 1. The maximum atomic E-state index is 12.2. The van der Waals surface area contributed by atoms with E-state index in [4.69, 9.17) is 17.3 Å². The molecule has 0 spiro atoms. The molecule has 0 aliphatic rings. The monoisotopic (exact) mass is 437 g/mol. The standard InChI is InChI=1S/C23H24ClN5O2/c1-15-3-5-18(6-4-15)14-29-22(24)20(16(2)28-29)11-12-21(30)26-13-17-7-9-19(10-8-17)27-23(25)31/h3-12H,13-14H2,1-2H3,(H,26,30)(H3,25,27,31)/b12-11+. The van der Waals surface area contributed by atoms with Crippen LogP contribution in [-0.2, 0) is 17.9 Å². The number of primary amides is 1. The minimum Gasteiger partial charge on any atom is -0.351 e. The van der Waals surface area contributed by atoms with E-state index in [2.05, 4.69) is 15.7 Å². The normalized spacial score (nSPS) is 10.9. The lowest BCUT2D eigenvalue weighted by Crippen LogP contribution is -2.20. The fraction of sp³-hybridized carbons (Fsp3) is 0.174. The third-order valence-corrected chi connectivity index (χ3v) is 5.05. The summed E-state index contributed by atoms with van der Waals surface area (Å²) in [5.41, 5.74) is 10.3. The molecule has 3 amide bonds. The summed E-state index contributed by atoms with van der Waals surface area (Å²) in [6.07, 6.45) is 3.11. The highest BCUT2D eigenvalue weighted by atomic mass is 35.5. The van der Waals surface area contributed by atoms with Crippen molar-refractivity contribution in [3.8, 4) is 0 Å². The van der Waals surface area contributed by atoms with E-state index in [1.165, 1.54) is 11.6 Å². The molecule has 0 atom stereocenters. The second kappa shape index (κ2) is 9.95. The van der Waals surface area contributed by atoms with Crippen molar-refractivity contribution in [3.05, 3.63) is 87.7 Å². The number of hydrogen-bond acceptors (Lipinski definition) is 3. The summed E-state index contributed by atoms with van der Waals surface area (Å²) in [4.78, 5) is 23.1. The predicted octanol–water partition coefficient (Wildman–Crippen LogP) is 4.02. The van der Waals surface area contributed by atoms with Crippen molar-refractivity contribution in [2.24, 2.45) is 5.73 Å². The number of rotatable bonds is 7. The van der Waals surface area contributed by atoms with Crippen LogP contribution in [0.1, 0.15) is 27.9 Å². The summed E-state index contributed by atoms with van der Waals surface area (Å²) in [5.74, 6) is -0.249. The van der Waals surface area contributed by atoms with E-state index >= 15 is 0 Å². The maximum Gasteiger partial charge on any atom is 0.316 e. The number of anilines is 1. The Hall–Kier alpha value is -3.58. The molecule has 0 fully saturated rings. The van der Waals surface area contributed by atoms with Crippen LogP contribution in [0.4, 0.5) is 10.5 Å². The zero-order chi connectivity index (χ0) is 22.4. The van der Waals surface area contributed by atoms with Crippen molar-refractivity contribution in [2.75, 3.05) is 5.32 Å². The van der Waals surface area contributed by atoms with Crippen LogP contribution >= 0.6 is 11.6 Å². The van der Waals surface area contributed by atoms with Gasteiger partial charge in [-0.05, 0) is 43.2 Å². The predicted molar refractivity (Wildman–Crippen MR) is 123 cm³/mol. The van der Waals surface area contributed by atoms with E-state index in [0.29, 0.717) is 29.5 Å². The number of carbonyl (C=O) groups is 2. The summed E-state index contributed by atoms with van der Waals surface area (Å²) in [6.45, 7) is 4.80. The minimum atomic E-state index is -0.623. The second-order valence-corrected chi connectivity index (χ2v) is 7.53. The van der Waals surface area contributed by atoms with Gasteiger partial charge in [0.15, 0.2) is 0 Å². The number of halogens is 1.